The lowest BCUT2D eigenvalue weighted by Gasteiger charge is -2.34. The molecule has 1 aromatic carbocycles. The fourth-order valence-corrected chi connectivity index (χ4v) is 4.19. The Labute approximate surface area is 198 Å². The molecule has 11 heteroatoms. The van der Waals surface area contributed by atoms with E-state index in [0.717, 1.165) is 5.56 Å². The van der Waals surface area contributed by atoms with Gasteiger partial charge in [-0.05, 0) is 35.3 Å². The van der Waals surface area contributed by atoms with Crippen molar-refractivity contribution < 1.29 is 13.9 Å². The third-order valence-corrected chi connectivity index (χ3v) is 5.82. The van der Waals surface area contributed by atoms with Crippen LogP contribution in [-0.2, 0) is 11.3 Å². The molecule has 0 spiro atoms. The predicted octanol–water partition coefficient (Wildman–Crippen LogP) is 3.69. The van der Waals surface area contributed by atoms with Crippen LogP contribution in [0.25, 0.3) is 11.2 Å². The highest BCUT2D eigenvalue weighted by Crippen LogP contribution is 2.20. The summed E-state index contributed by atoms with van der Waals surface area (Å²) < 4.78 is 21.5. The summed E-state index contributed by atoms with van der Waals surface area (Å²) in [5, 5.41) is 3.10. The number of alkyl halides is 1. The summed E-state index contributed by atoms with van der Waals surface area (Å²) in [6.07, 6.45) is -0.0861. The van der Waals surface area contributed by atoms with Gasteiger partial charge in [-0.3, -0.25) is 9.36 Å². The number of nitrogens with one attached hydrogen (secondary N) is 1. The number of carbonyl (C=O) groups excluding carboxylic acids is 1. The molecule has 1 saturated heterocycles. The molecule has 3 aromatic rings. The van der Waals surface area contributed by atoms with E-state index in [4.69, 9.17) is 4.74 Å². The first-order valence-corrected chi connectivity index (χ1v) is 11.4. The molecule has 3 heterocycles. The molecule has 9 nitrogen and oxygen atoms in total. The Morgan fingerprint density at radius 3 is 2.76 bits per heavy atom. The molecule has 2 atom stereocenters. The van der Waals surface area contributed by atoms with Crippen molar-refractivity contribution >= 4 is 39.1 Å². The van der Waals surface area contributed by atoms with Gasteiger partial charge in [-0.25, -0.2) is 19.2 Å². The third-order valence-electron chi connectivity index (χ3n) is 5.30. The van der Waals surface area contributed by atoms with Crippen molar-refractivity contribution in [1.82, 2.24) is 24.4 Å². The van der Waals surface area contributed by atoms with Gasteiger partial charge in [-0.2, -0.15) is 4.98 Å². The van der Waals surface area contributed by atoms with Crippen molar-refractivity contribution in [2.75, 3.05) is 18.4 Å². The number of aromatic nitrogens is 4. The summed E-state index contributed by atoms with van der Waals surface area (Å²) in [6.45, 7) is 4.07. The van der Waals surface area contributed by atoms with Crippen molar-refractivity contribution in [3.8, 4) is 0 Å². The lowest BCUT2D eigenvalue weighted by Crippen LogP contribution is -2.50. The van der Waals surface area contributed by atoms with Crippen molar-refractivity contribution in [1.29, 1.82) is 0 Å². The van der Waals surface area contributed by atoms with Gasteiger partial charge < -0.3 is 15.0 Å². The van der Waals surface area contributed by atoms with Gasteiger partial charge in [-0.1, -0.05) is 30.3 Å². The van der Waals surface area contributed by atoms with Crippen LogP contribution in [0.1, 0.15) is 31.9 Å². The van der Waals surface area contributed by atoms with Gasteiger partial charge in [0.2, 0.25) is 5.95 Å². The number of hydrogen-bond donors (Lipinski definition) is 1. The second-order valence-electron chi connectivity index (χ2n) is 8.19. The second kappa shape index (κ2) is 9.82. The van der Waals surface area contributed by atoms with Crippen LogP contribution in [0.4, 0.5) is 15.1 Å². The van der Waals surface area contributed by atoms with Crippen LogP contribution in [0.5, 0.6) is 0 Å². The topological polar surface area (TPSA) is 102 Å². The number of halogens is 2. The van der Waals surface area contributed by atoms with Crippen LogP contribution >= 0.6 is 15.9 Å². The molecule has 0 radical (unpaired) electrons. The number of fused-ring (bicyclic) bond motifs is 1. The number of anilines is 1. The van der Waals surface area contributed by atoms with Crippen molar-refractivity contribution in [2.45, 2.75) is 45.1 Å². The van der Waals surface area contributed by atoms with Crippen LogP contribution < -0.4 is 10.9 Å². The molecule has 1 aliphatic rings. The zero-order valence-electron chi connectivity index (χ0n) is 18.2. The lowest BCUT2D eigenvalue weighted by atomic mass is 10.0. The number of carbonyl (C=O) groups is 1. The maximum atomic E-state index is 14.4. The number of piperidine rings is 1. The highest BCUT2D eigenvalue weighted by molar-refractivity contribution is 9.10. The van der Waals surface area contributed by atoms with Gasteiger partial charge >= 0.3 is 6.09 Å². The van der Waals surface area contributed by atoms with Crippen LogP contribution in [0, 0.1) is 0 Å². The Morgan fingerprint density at radius 2 is 2.03 bits per heavy atom. The average Bonchev–Trinajstić information content (AvgIpc) is 2.78. The zero-order valence-corrected chi connectivity index (χ0v) is 19.8. The van der Waals surface area contributed by atoms with E-state index in [0.29, 0.717) is 11.2 Å². The minimum absolute atomic E-state index is 0.0325. The van der Waals surface area contributed by atoms with Gasteiger partial charge in [0.25, 0.3) is 5.56 Å². The first kappa shape index (κ1) is 23.1. The van der Waals surface area contributed by atoms with E-state index < -0.39 is 18.3 Å². The molecule has 1 fully saturated rings. The maximum absolute atomic E-state index is 14.4. The number of ether oxygens (including phenoxy) is 1. The largest absolute Gasteiger partial charge is 0.445 e. The lowest BCUT2D eigenvalue weighted by molar-refractivity contribution is 0.0685. The molecule has 1 N–H and O–H groups in total. The quantitative estimate of drug-likeness (QED) is 0.549. The monoisotopic (exact) mass is 518 g/mol. The van der Waals surface area contributed by atoms with E-state index in [1.54, 1.807) is 0 Å². The normalized spacial score (nSPS) is 18.5. The molecule has 4 rings (SSSR count). The van der Waals surface area contributed by atoms with Crippen molar-refractivity contribution in [3.05, 3.63) is 57.0 Å². The molecule has 0 saturated carbocycles. The Kier molecular flexibility index (Phi) is 6.87. The minimum atomic E-state index is -1.22. The number of likely N-dealkylation sites (tertiary alicyclic amines) is 1. The highest BCUT2D eigenvalue weighted by atomic mass is 79.9. The SMILES string of the molecule is CC(C)n1c(=O)c(Br)nc2cnc(N[C@H]3C[C@H](F)CN(C(=O)OCc4ccccc4)C3)nc21. The standard InChI is InChI=1S/C22H24BrFN6O3/c1-13(2)30-19-17(27-18(23)20(30)31)9-25-21(28-19)26-16-8-15(24)10-29(11-16)22(32)33-12-14-6-4-3-5-7-14/h3-7,9,13,15-16H,8,10-12H2,1-2H3,(H,25,26,28)/t15-,16-/m0/s1. The van der Waals surface area contributed by atoms with Crippen LogP contribution in [-0.4, -0.2) is 55.8 Å². The molecule has 1 aliphatic heterocycles. The van der Waals surface area contributed by atoms with Gasteiger partial charge in [-0.15, -0.1) is 0 Å². The molecule has 0 aliphatic carbocycles. The van der Waals surface area contributed by atoms with E-state index in [1.807, 2.05) is 44.2 Å². The summed E-state index contributed by atoms with van der Waals surface area (Å²) in [7, 11) is 0. The number of nitrogens with zero attached hydrogens (tertiary/aromatic N) is 5. The van der Waals surface area contributed by atoms with E-state index in [-0.39, 0.29) is 48.3 Å². The summed E-state index contributed by atoms with van der Waals surface area (Å²) in [5.74, 6) is 0.233. The summed E-state index contributed by atoms with van der Waals surface area (Å²) >= 11 is 3.18. The summed E-state index contributed by atoms with van der Waals surface area (Å²) in [5.41, 5.74) is 1.40. The van der Waals surface area contributed by atoms with E-state index in [1.165, 1.54) is 15.7 Å². The fourth-order valence-electron chi connectivity index (χ4n) is 3.80. The third kappa shape index (κ3) is 5.29. The molecule has 1 amide bonds. The van der Waals surface area contributed by atoms with Crippen molar-refractivity contribution in [3.63, 3.8) is 0 Å². The minimum Gasteiger partial charge on any atom is -0.445 e. The number of rotatable bonds is 5. The predicted molar refractivity (Wildman–Crippen MR) is 125 cm³/mol. The van der Waals surface area contributed by atoms with E-state index >= 15 is 0 Å². The molecule has 0 unspecified atom stereocenters. The molecule has 33 heavy (non-hydrogen) atoms. The van der Waals surface area contributed by atoms with Crippen LogP contribution in [0.2, 0.25) is 0 Å². The second-order valence-corrected chi connectivity index (χ2v) is 8.94. The van der Waals surface area contributed by atoms with Gasteiger partial charge in [0, 0.05) is 25.0 Å². The van der Waals surface area contributed by atoms with Crippen molar-refractivity contribution in [2.24, 2.45) is 0 Å². The van der Waals surface area contributed by atoms with Gasteiger partial charge in [0.05, 0.1) is 12.7 Å². The number of benzene rings is 1. The Bertz CT molecular complexity index is 1210. The Hall–Kier alpha value is -3.08. The van der Waals surface area contributed by atoms with Crippen LogP contribution in [0.15, 0.2) is 45.9 Å². The molecular formula is C22H24BrFN6O3. The first-order valence-electron chi connectivity index (χ1n) is 10.6. The zero-order chi connectivity index (χ0) is 23.5. The average molecular weight is 519 g/mol. The van der Waals surface area contributed by atoms with E-state index in [2.05, 4.69) is 36.2 Å². The molecule has 2 aromatic heterocycles. The molecular weight excluding hydrogens is 495 g/mol. The molecule has 174 valence electrons. The first-order chi connectivity index (χ1) is 15.8. The highest BCUT2D eigenvalue weighted by Gasteiger charge is 2.31. The van der Waals surface area contributed by atoms with E-state index in [9.17, 15) is 14.0 Å². The summed E-state index contributed by atoms with van der Waals surface area (Å²) in [6, 6.07) is 8.74. The van der Waals surface area contributed by atoms with Gasteiger partial charge in [0.15, 0.2) is 10.3 Å². The summed E-state index contributed by atoms with van der Waals surface area (Å²) in [4.78, 5) is 39.3. The van der Waals surface area contributed by atoms with Crippen LogP contribution in [0.3, 0.4) is 0 Å². The number of hydrogen-bond acceptors (Lipinski definition) is 7. The fraction of sp³-hybridized carbons (Fsp3) is 0.409. The van der Waals surface area contributed by atoms with Gasteiger partial charge in [0.1, 0.15) is 18.3 Å². The smallest absolute Gasteiger partial charge is 0.410 e. The Morgan fingerprint density at radius 1 is 1.27 bits per heavy atom. The maximum Gasteiger partial charge on any atom is 0.410 e. The molecule has 0 bridgehead atoms. The Balaban J connectivity index is 1.49. The number of amides is 1.